The second-order valence-electron chi connectivity index (χ2n) is 9.56. The first-order valence-electron chi connectivity index (χ1n) is 12.4. The van der Waals surface area contributed by atoms with Crippen LogP contribution in [0.3, 0.4) is 0 Å². The third kappa shape index (κ3) is 6.05. The van der Waals surface area contributed by atoms with Crippen molar-refractivity contribution in [3.05, 3.63) is 59.2 Å². The molecule has 0 nitrogen and oxygen atoms in total. The summed E-state index contributed by atoms with van der Waals surface area (Å²) in [4.78, 5) is 0. The van der Waals surface area contributed by atoms with E-state index in [-0.39, 0.29) is 11.8 Å². The van der Waals surface area contributed by atoms with Gasteiger partial charge in [0.15, 0.2) is 11.6 Å². The standard InChI is InChI=1S/C28H40F2/c1-3-5-7-9-21-11-15-23(16-12-21)25-19-20-26(28(30)27(25)29)24-17-13-22(14-18-24)10-8-6-4-2/h3,5,13,17,19-24H,4,6-12,14-16,18H2,1-2H3. The molecular weight excluding hydrogens is 374 g/mol. The van der Waals surface area contributed by atoms with Gasteiger partial charge in [-0.15, -0.1) is 0 Å². The van der Waals surface area contributed by atoms with Crippen LogP contribution in [0.2, 0.25) is 0 Å². The van der Waals surface area contributed by atoms with Gasteiger partial charge in [0, 0.05) is 5.92 Å². The fourth-order valence-electron chi connectivity index (χ4n) is 5.48. The Morgan fingerprint density at radius 2 is 1.60 bits per heavy atom. The molecule has 2 atom stereocenters. The van der Waals surface area contributed by atoms with Crippen molar-refractivity contribution in [2.45, 2.75) is 103 Å². The lowest BCUT2D eigenvalue weighted by molar-refractivity contribution is 0.306. The van der Waals surface area contributed by atoms with E-state index >= 15 is 8.78 Å². The van der Waals surface area contributed by atoms with Crippen molar-refractivity contribution in [1.82, 2.24) is 0 Å². The van der Waals surface area contributed by atoms with E-state index in [1.54, 1.807) is 0 Å². The first kappa shape index (κ1) is 23.2. The monoisotopic (exact) mass is 414 g/mol. The molecule has 0 N–H and O–H groups in total. The summed E-state index contributed by atoms with van der Waals surface area (Å²) in [6.07, 6.45) is 22.4. The summed E-state index contributed by atoms with van der Waals surface area (Å²) in [5.74, 6) is 0.380. The van der Waals surface area contributed by atoms with Gasteiger partial charge in [-0.3, -0.25) is 0 Å². The van der Waals surface area contributed by atoms with Crippen LogP contribution < -0.4 is 0 Å². The van der Waals surface area contributed by atoms with Crippen molar-refractivity contribution in [2.24, 2.45) is 11.8 Å². The summed E-state index contributed by atoms with van der Waals surface area (Å²) in [6, 6.07) is 3.76. The van der Waals surface area contributed by atoms with E-state index in [0.717, 1.165) is 50.9 Å². The van der Waals surface area contributed by atoms with Gasteiger partial charge in [0.1, 0.15) is 0 Å². The Hall–Kier alpha value is -1.44. The number of hydrogen-bond acceptors (Lipinski definition) is 0. The van der Waals surface area contributed by atoms with Crippen LogP contribution in [-0.4, -0.2) is 0 Å². The average Bonchev–Trinajstić information content (AvgIpc) is 2.77. The van der Waals surface area contributed by atoms with E-state index in [1.165, 1.54) is 32.1 Å². The molecule has 0 spiro atoms. The van der Waals surface area contributed by atoms with Gasteiger partial charge in [0.2, 0.25) is 0 Å². The maximum absolute atomic E-state index is 15.0. The van der Waals surface area contributed by atoms with Crippen LogP contribution in [0, 0.1) is 23.5 Å². The number of halogens is 2. The minimum absolute atomic E-state index is 0.0262. The Morgan fingerprint density at radius 1 is 0.867 bits per heavy atom. The zero-order chi connectivity index (χ0) is 21.3. The fourth-order valence-corrected chi connectivity index (χ4v) is 5.48. The van der Waals surface area contributed by atoms with Crippen LogP contribution in [0.1, 0.15) is 114 Å². The molecule has 2 aliphatic carbocycles. The first-order chi connectivity index (χ1) is 14.6. The lowest BCUT2D eigenvalue weighted by atomic mass is 9.76. The van der Waals surface area contributed by atoms with E-state index in [2.05, 4.69) is 38.2 Å². The molecule has 166 valence electrons. The lowest BCUT2D eigenvalue weighted by Gasteiger charge is -2.29. The van der Waals surface area contributed by atoms with Gasteiger partial charge in [0.05, 0.1) is 0 Å². The van der Waals surface area contributed by atoms with Crippen LogP contribution in [0.5, 0.6) is 0 Å². The third-order valence-electron chi connectivity index (χ3n) is 7.45. The highest BCUT2D eigenvalue weighted by molar-refractivity contribution is 5.34. The lowest BCUT2D eigenvalue weighted by Crippen LogP contribution is -2.16. The Kier molecular flexibility index (Phi) is 9.15. The van der Waals surface area contributed by atoms with E-state index in [0.29, 0.717) is 17.0 Å². The molecule has 1 aromatic rings. The van der Waals surface area contributed by atoms with Gasteiger partial charge < -0.3 is 0 Å². The molecule has 0 radical (unpaired) electrons. The summed E-state index contributed by atoms with van der Waals surface area (Å²) in [5.41, 5.74) is 1.17. The molecule has 0 aromatic heterocycles. The summed E-state index contributed by atoms with van der Waals surface area (Å²) in [5, 5.41) is 0. The number of unbranched alkanes of at least 4 members (excludes halogenated alkanes) is 2. The average molecular weight is 415 g/mol. The summed E-state index contributed by atoms with van der Waals surface area (Å²) < 4.78 is 30.0. The van der Waals surface area contributed by atoms with Gasteiger partial charge in [-0.1, -0.05) is 62.6 Å². The minimum Gasteiger partial charge on any atom is -0.203 e. The van der Waals surface area contributed by atoms with Gasteiger partial charge in [-0.25, -0.2) is 8.78 Å². The number of hydrogen-bond donors (Lipinski definition) is 0. The molecule has 2 aliphatic rings. The second kappa shape index (κ2) is 11.8. The highest BCUT2D eigenvalue weighted by Gasteiger charge is 2.28. The zero-order valence-electron chi connectivity index (χ0n) is 19.0. The van der Waals surface area contributed by atoms with Crippen molar-refractivity contribution >= 4 is 0 Å². The second-order valence-corrected chi connectivity index (χ2v) is 9.56. The van der Waals surface area contributed by atoms with Crippen molar-refractivity contribution in [2.75, 3.05) is 0 Å². The van der Waals surface area contributed by atoms with Crippen LogP contribution in [-0.2, 0) is 0 Å². The highest BCUT2D eigenvalue weighted by Crippen LogP contribution is 2.41. The molecule has 3 rings (SSSR count). The molecule has 1 fully saturated rings. The van der Waals surface area contributed by atoms with E-state index in [9.17, 15) is 0 Å². The summed E-state index contributed by atoms with van der Waals surface area (Å²) >= 11 is 0. The smallest absolute Gasteiger partial charge is 0.162 e. The molecular formula is C28H40F2. The Morgan fingerprint density at radius 3 is 2.27 bits per heavy atom. The number of benzene rings is 1. The van der Waals surface area contributed by atoms with Crippen LogP contribution in [0.15, 0.2) is 36.4 Å². The molecule has 1 aromatic carbocycles. The Bertz CT molecular complexity index is 710. The van der Waals surface area contributed by atoms with Crippen LogP contribution in [0.4, 0.5) is 8.78 Å². The van der Waals surface area contributed by atoms with Crippen molar-refractivity contribution in [1.29, 1.82) is 0 Å². The molecule has 2 heteroatoms. The predicted octanol–water partition coefficient (Wildman–Crippen LogP) is 9.22. The van der Waals surface area contributed by atoms with Gasteiger partial charge in [0.25, 0.3) is 0 Å². The molecule has 2 unspecified atom stereocenters. The van der Waals surface area contributed by atoms with Crippen molar-refractivity contribution in [3.8, 4) is 0 Å². The summed E-state index contributed by atoms with van der Waals surface area (Å²) in [6.45, 7) is 4.29. The maximum Gasteiger partial charge on any atom is 0.162 e. The van der Waals surface area contributed by atoms with E-state index < -0.39 is 11.6 Å². The van der Waals surface area contributed by atoms with Crippen LogP contribution >= 0.6 is 0 Å². The Balaban J connectivity index is 1.59. The molecule has 0 bridgehead atoms. The van der Waals surface area contributed by atoms with Gasteiger partial charge >= 0.3 is 0 Å². The highest BCUT2D eigenvalue weighted by atomic mass is 19.2. The Labute approximate surface area is 182 Å². The van der Waals surface area contributed by atoms with Crippen LogP contribution in [0.25, 0.3) is 0 Å². The molecule has 0 amide bonds. The van der Waals surface area contributed by atoms with Gasteiger partial charge in [-0.2, -0.15) is 0 Å². The quantitative estimate of drug-likeness (QED) is 0.279. The number of allylic oxidation sites excluding steroid dienone is 4. The normalized spacial score (nSPS) is 27.1. The topological polar surface area (TPSA) is 0 Å². The third-order valence-corrected chi connectivity index (χ3v) is 7.45. The maximum atomic E-state index is 15.0. The largest absolute Gasteiger partial charge is 0.203 e. The van der Waals surface area contributed by atoms with Crippen molar-refractivity contribution in [3.63, 3.8) is 0 Å². The zero-order valence-corrected chi connectivity index (χ0v) is 19.0. The SMILES string of the molecule is CC=CCCC1CCC(c2ccc(C3C=CC(CCCCC)CC3)c(F)c2F)CC1. The number of rotatable bonds is 9. The minimum atomic E-state index is -0.596. The van der Waals surface area contributed by atoms with E-state index in [4.69, 9.17) is 0 Å². The molecule has 1 saturated carbocycles. The first-order valence-corrected chi connectivity index (χ1v) is 12.4. The van der Waals surface area contributed by atoms with Crippen molar-refractivity contribution < 1.29 is 8.78 Å². The fraction of sp³-hybridized carbons (Fsp3) is 0.643. The molecule has 0 saturated heterocycles. The summed E-state index contributed by atoms with van der Waals surface area (Å²) in [7, 11) is 0. The molecule has 30 heavy (non-hydrogen) atoms. The molecule has 0 heterocycles. The van der Waals surface area contributed by atoms with E-state index in [1.807, 2.05) is 12.1 Å². The predicted molar refractivity (Wildman–Crippen MR) is 124 cm³/mol. The molecule has 0 aliphatic heterocycles. The van der Waals surface area contributed by atoms with Gasteiger partial charge in [-0.05, 0) is 93.6 Å².